The number of piperidine rings is 1. The average Bonchev–Trinajstić information content (AvgIpc) is 2.93. The van der Waals surface area contributed by atoms with E-state index in [0.29, 0.717) is 23.7 Å². The number of nitrogens with one attached hydrogen (secondary N) is 2. The highest BCUT2D eigenvalue weighted by molar-refractivity contribution is 7.92. The minimum absolute atomic E-state index is 0.103. The Morgan fingerprint density at radius 1 is 1.12 bits per heavy atom. The number of piperazine rings is 1. The van der Waals surface area contributed by atoms with Crippen molar-refractivity contribution in [3.8, 4) is 5.75 Å². The number of amides is 1. The molecule has 0 spiro atoms. The lowest BCUT2D eigenvalue weighted by atomic mass is 10.0. The van der Waals surface area contributed by atoms with Gasteiger partial charge >= 0.3 is 12.1 Å². The maximum Gasteiger partial charge on any atom is 0.490 e. The van der Waals surface area contributed by atoms with Gasteiger partial charge in [-0.15, -0.1) is 0 Å². The van der Waals surface area contributed by atoms with Crippen molar-refractivity contribution in [2.45, 2.75) is 43.3 Å². The van der Waals surface area contributed by atoms with Gasteiger partial charge in [-0.3, -0.25) is 9.52 Å². The van der Waals surface area contributed by atoms with E-state index in [1.165, 1.54) is 25.4 Å². The number of carboxylic acids is 1. The highest BCUT2D eigenvalue weighted by Gasteiger charge is 2.38. The third kappa shape index (κ3) is 7.97. The number of carbonyl (C=O) groups is 2. The number of halogens is 3. The fourth-order valence-corrected chi connectivity index (χ4v) is 5.36. The molecule has 1 unspecified atom stereocenters. The van der Waals surface area contributed by atoms with E-state index in [4.69, 9.17) is 14.6 Å². The number of carboxylic acid groups (broad SMARTS) is 1. The molecule has 1 amide bonds. The molecular formula is C25H32F3N5O6S. The second kappa shape index (κ2) is 13.2. The first-order valence-electron chi connectivity index (χ1n) is 12.6. The van der Waals surface area contributed by atoms with Crippen LogP contribution in [0, 0.1) is 0 Å². The number of anilines is 2. The normalized spacial score (nSPS) is 17.9. The van der Waals surface area contributed by atoms with E-state index in [9.17, 15) is 26.4 Å². The van der Waals surface area contributed by atoms with Crippen LogP contribution in [0.1, 0.15) is 36.5 Å². The third-order valence-corrected chi connectivity index (χ3v) is 7.84. The maximum atomic E-state index is 13.6. The van der Waals surface area contributed by atoms with Crippen molar-refractivity contribution in [3.63, 3.8) is 0 Å². The van der Waals surface area contributed by atoms with Crippen LogP contribution in [0.15, 0.2) is 41.4 Å². The van der Waals surface area contributed by atoms with Crippen molar-refractivity contribution in [3.05, 3.63) is 42.1 Å². The van der Waals surface area contributed by atoms with Crippen molar-refractivity contribution in [1.82, 2.24) is 15.2 Å². The van der Waals surface area contributed by atoms with Crippen molar-refractivity contribution in [2.75, 3.05) is 49.5 Å². The molecule has 4 rings (SSSR count). The van der Waals surface area contributed by atoms with E-state index in [1.54, 1.807) is 18.2 Å². The van der Waals surface area contributed by atoms with Gasteiger partial charge in [0.1, 0.15) is 11.6 Å². The molecule has 0 aliphatic carbocycles. The first-order chi connectivity index (χ1) is 18.8. The summed E-state index contributed by atoms with van der Waals surface area (Å²) >= 11 is 0. The minimum atomic E-state index is -5.08. The van der Waals surface area contributed by atoms with Gasteiger partial charge in [-0.1, -0.05) is 0 Å². The quantitative estimate of drug-likeness (QED) is 0.465. The molecule has 11 nitrogen and oxygen atoms in total. The predicted octanol–water partition coefficient (Wildman–Crippen LogP) is 2.95. The molecular weight excluding hydrogens is 555 g/mol. The highest BCUT2D eigenvalue weighted by Crippen LogP contribution is 2.28. The van der Waals surface area contributed by atoms with Crippen LogP contribution >= 0.6 is 0 Å². The lowest BCUT2D eigenvalue weighted by molar-refractivity contribution is -0.192. The summed E-state index contributed by atoms with van der Waals surface area (Å²) in [7, 11) is -2.33. The number of aliphatic carboxylic acids is 1. The Morgan fingerprint density at radius 3 is 2.30 bits per heavy atom. The first kappa shape index (κ1) is 30.9. The molecule has 2 aromatic rings. The van der Waals surface area contributed by atoms with E-state index in [2.05, 4.69) is 26.8 Å². The van der Waals surface area contributed by atoms with Gasteiger partial charge in [0.15, 0.2) is 0 Å². The van der Waals surface area contributed by atoms with E-state index < -0.39 is 22.2 Å². The zero-order valence-electron chi connectivity index (χ0n) is 22.1. The summed E-state index contributed by atoms with van der Waals surface area (Å²) < 4.78 is 65.3. The van der Waals surface area contributed by atoms with Crippen LogP contribution in [0.4, 0.5) is 24.7 Å². The average molecular weight is 588 g/mol. The van der Waals surface area contributed by atoms with Crippen LogP contribution in [0.3, 0.4) is 0 Å². The summed E-state index contributed by atoms with van der Waals surface area (Å²) in [5.41, 5.74) is 0.693. The number of alkyl halides is 3. The molecule has 0 radical (unpaired) electrons. The fourth-order valence-electron chi connectivity index (χ4n) is 4.32. The number of ether oxygens (including phenoxy) is 1. The van der Waals surface area contributed by atoms with Crippen LogP contribution < -0.4 is 19.7 Å². The summed E-state index contributed by atoms with van der Waals surface area (Å²) in [6, 6.07) is 7.90. The number of hydrogen-bond acceptors (Lipinski definition) is 8. The number of hydrogen-bond donors (Lipinski definition) is 3. The topological polar surface area (TPSA) is 141 Å². The standard InChI is InChI=1S/C23H31N5O4S.C2HF3O2/c1-17-5-3-4-12-28(17)23(29)21-15-18(16-25-22(21)27-13-10-24-11-14-27)26-33(30,31)20-8-6-19(32-2)7-9-20;3-2(4,5)1(6)7/h6-9,15-17,24,26H,3-5,10-14H2,1-2H3;(H,6,7). The molecule has 0 bridgehead atoms. The maximum absolute atomic E-state index is 13.6. The summed E-state index contributed by atoms with van der Waals surface area (Å²) in [5, 5.41) is 10.4. The van der Waals surface area contributed by atoms with Gasteiger partial charge in [0, 0.05) is 38.8 Å². The van der Waals surface area contributed by atoms with Crippen LogP contribution in [-0.2, 0) is 14.8 Å². The Labute approximate surface area is 230 Å². The fraction of sp³-hybridized carbons (Fsp3) is 0.480. The Balaban J connectivity index is 0.000000559. The number of nitrogens with zero attached hydrogens (tertiary/aromatic N) is 3. The van der Waals surface area contributed by atoms with E-state index >= 15 is 0 Å². The van der Waals surface area contributed by atoms with Gasteiger partial charge in [0.2, 0.25) is 0 Å². The molecule has 2 aliphatic heterocycles. The number of rotatable bonds is 6. The lowest BCUT2D eigenvalue weighted by Gasteiger charge is -2.35. The zero-order chi connectivity index (χ0) is 29.5. The van der Waals surface area contributed by atoms with Gasteiger partial charge in [-0.05, 0) is 56.5 Å². The largest absolute Gasteiger partial charge is 0.497 e. The molecule has 3 heterocycles. The van der Waals surface area contributed by atoms with Crippen molar-refractivity contribution in [2.24, 2.45) is 0 Å². The molecule has 1 atom stereocenters. The predicted molar refractivity (Wildman–Crippen MR) is 141 cm³/mol. The van der Waals surface area contributed by atoms with E-state index in [1.807, 2.05) is 4.90 Å². The third-order valence-electron chi connectivity index (χ3n) is 6.44. The van der Waals surface area contributed by atoms with E-state index in [0.717, 1.165) is 45.4 Å². The second-order valence-corrected chi connectivity index (χ2v) is 10.9. The molecule has 40 heavy (non-hydrogen) atoms. The molecule has 2 fully saturated rings. The Hall–Kier alpha value is -3.59. The van der Waals surface area contributed by atoms with Crippen LogP contribution in [0.2, 0.25) is 0 Å². The van der Waals surface area contributed by atoms with Gasteiger partial charge in [-0.2, -0.15) is 13.2 Å². The van der Waals surface area contributed by atoms with Crippen LogP contribution in [0.5, 0.6) is 5.75 Å². The summed E-state index contributed by atoms with van der Waals surface area (Å²) in [6.45, 7) is 5.84. The summed E-state index contributed by atoms with van der Waals surface area (Å²) in [5.74, 6) is -1.69. The monoisotopic (exact) mass is 587 g/mol. The molecule has 1 aromatic carbocycles. The molecule has 220 valence electrons. The van der Waals surface area contributed by atoms with Crippen LogP contribution in [0.25, 0.3) is 0 Å². The SMILES string of the molecule is COc1ccc(S(=O)(=O)Nc2cnc(N3CCNCC3)c(C(=O)N3CCCCC3C)c2)cc1.O=C(O)C(F)(F)F. The van der Waals surface area contributed by atoms with Gasteiger partial charge in [0.05, 0.1) is 29.5 Å². The van der Waals surface area contributed by atoms with Crippen molar-refractivity contribution in [1.29, 1.82) is 0 Å². The lowest BCUT2D eigenvalue weighted by Crippen LogP contribution is -2.46. The zero-order valence-corrected chi connectivity index (χ0v) is 22.9. The van der Waals surface area contributed by atoms with Gasteiger partial charge < -0.3 is 25.0 Å². The molecule has 3 N–H and O–H groups in total. The number of methoxy groups -OCH3 is 1. The van der Waals surface area contributed by atoms with Crippen molar-refractivity contribution < 1.29 is 41.0 Å². The van der Waals surface area contributed by atoms with Crippen LogP contribution in [-0.4, -0.2) is 87.3 Å². The number of carbonyl (C=O) groups excluding carboxylic acids is 1. The second-order valence-electron chi connectivity index (χ2n) is 9.26. The summed E-state index contributed by atoms with van der Waals surface area (Å²) in [4.78, 5) is 31.1. The number of pyridine rings is 1. The molecule has 2 saturated heterocycles. The van der Waals surface area contributed by atoms with Crippen molar-refractivity contribution >= 4 is 33.4 Å². The number of sulfonamides is 1. The molecule has 1 aromatic heterocycles. The molecule has 15 heteroatoms. The Morgan fingerprint density at radius 2 is 1.75 bits per heavy atom. The number of benzene rings is 1. The number of aromatic nitrogens is 1. The van der Waals surface area contributed by atoms with Gasteiger partial charge in [-0.25, -0.2) is 18.2 Å². The molecule has 2 aliphatic rings. The Kier molecular flexibility index (Phi) is 10.2. The van der Waals surface area contributed by atoms with E-state index in [-0.39, 0.29) is 22.5 Å². The minimum Gasteiger partial charge on any atom is -0.497 e. The first-order valence-corrected chi connectivity index (χ1v) is 14.1. The van der Waals surface area contributed by atoms with Gasteiger partial charge in [0.25, 0.3) is 15.9 Å². The summed E-state index contributed by atoms with van der Waals surface area (Å²) in [6.07, 6.45) is -0.563. The highest BCUT2D eigenvalue weighted by atomic mass is 32.2. The smallest absolute Gasteiger partial charge is 0.490 e. The Bertz CT molecular complexity index is 1280. The number of likely N-dealkylation sites (tertiary alicyclic amines) is 1. The molecule has 0 saturated carbocycles.